The van der Waals surface area contributed by atoms with E-state index >= 15 is 0 Å². The maximum Gasteiger partial charge on any atom is 0.0628 e. The van der Waals surface area contributed by atoms with Gasteiger partial charge in [0.15, 0.2) is 0 Å². The van der Waals surface area contributed by atoms with Crippen LogP contribution in [-0.4, -0.2) is 48.3 Å². The van der Waals surface area contributed by atoms with Gasteiger partial charge in [-0.25, -0.2) is 0 Å². The fourth-order valence-electron chi connectivity index (χ4n) is 3.19. The van der Waals surface area contributed by atoms with Crippen molar-refractivity contribution in [3.8, 4) is 0 Å². The molecular weight excluding hydrogens is 236 g/mol. The summed E-state index contributed by atoms with van der Waals surface area (Å²) in [6, 6.07) is 0. The minimum atomic E-state index is -0.0709. The molecule has 0 heterocycles. The van der Waals surface area contributed by atoms with Crippen LogP contribution in [0, 0.1) is 17.8 Å². The highest BCUT2D eigenvalue weighted by Crippen LogP contribution is 2.40. The molecule has 1 saturated carbocycles. The average molecular weight is 270 g/mol. The summed E-state index contributed by atoms with van der Waals surface area (Å²) in [5, 5.41) is 13.5. The van der Waals surface area contributed by atoms with E-state index in [-0.39, 0.29) is 12.1 Å². The fraction of sp³-hybridized carbons (Fsp3) is 1.00. The highest BCUT2D eigenvalue weighted by Gasteiger charge is 2.45. The van der Waals surface area contributed by atoms with Gasteiger partial charge in [0.2, 0.25) is 0 Å². The summed E-state index contributed by atoms with van der Waals surface area (Å²) in [6.45, 7) is 15.7. The number of rotatable bonds is 10. The number of aliphatic hydroxyl groups excluding tert-OH is 1. The van der Waals surface area contributed by atoms with Gasteiger partial charge in [-0.15, -0.1) is 0 Å². The molecule has 3 heteroatoms. The van der Waals surface area contributed by atoms with Crippen molar-refractivity contribution in [2.24, 2.45) is 17.8 Å². The number of aliphatic hydroxyl groups is 1. The van der Waals surface area contributed by atoms with Gasteiger partial charge in [0.05, 0.1) is 12.1 Å². The van der Waals surface area contributed by atoms with Crippen molar-refractivity contribution in [2.75, 3.05) is 32.8 Å². The second kappa shape index (κ2) is 7.61. The Morgan fingerprint density at radius 2 is 1.68 bits per heavy atom. The topological polar surface area (TPSA) is 35.5 Å². The first-order valence-electron chi connectivity index (χ1n) is 8.01. The highest BCUT2D eigenvalue weighted by atomic mass is 16.3. The summed E-state index contributed by atoms with van der Waals surface area (Å²) in [5.74, 6) is 2.02. The summed E-state index contributed by atoms with van der Waals surface area (Å²) in [7, 11) is 0. The minimum absolute atomic E-state index is 0.0709. The monoisotopic (exact) mass is 270 g/mol. The first kappa shape index (κ1) is 16.9. The van der Waals surface area contributed by atoms with Crippen LogP contribution in [0.3, 0.4) is 0 Å². The Kier molecular flexibility index (Phi) is 6.78. The van der Waals surface area contributed by atoms with Crippen LogP contribution in [0.4, 0.5) is 0 Å². The Bertz CT molecular complexity index is 241. The lowest BCUT2D eigenvalue weighted by Gasteiger charge is -2.39. The minimum Gasteiger partial charge on any atom is -0.394 e. The van der Waals surface area contributed by atoms with Crippen LogP contribution in [0.2, 0.25) is 0 Å². The van der Waals surface area contributed by atoms with Crippen LogP contribution in [0.1, 0.15) is 47.5 Å². The first-order chi connectivity index (χ1) is 8.93. The molecule has 0 aromatic rings. The van der Waals surface area contributed by atoms with Gasteiger partial charge in [-0.1, -0.05) is 34.6 Å². The maximum absolute atomic E-state index is 9.95. The van der Waals surface area contributed by atoms with Gasteiger partial charge < -0.3 is 15.3 Å². The Morgan fingerprint density at radius 3 is 2.00 bits per heavy atom. The summed E-state index contributed by atoms with van der Waals surface area (Å²) >= 11 is 0. The molecule has 1 aliphatic carbocycles. The van der Waals surface area contributed by atoms with E-state index in [0.29, 0.717) is 17.8 Å². The molecule has 114 valence electrons. The van der Waals surface area contributed by atoms with Crippen molar-refractivity contribution < 1.29 is 5.11 Å². The van der Waals surface area contributed by atoms with Gasteiger partial charge in [-0.05, 0) is 37.1 Å². The van der Waals surface area contributed by atoms with E-state index in [1.807, 2.05) is 0 Å². The molecule has 1 aliphatic rings. The zero-order valence-corrected chi connectivity index (χ0v) is 13.6. The molecule has 1 atom stereocenters. The second-order valence-electron chi connectivity index (χ2n) is 7.10. The molecule has 1 fully saturated rings. The molecule has 1 rings (SSSR count). The summed E-state index contributed by atoms with van der Waals surface area (Å²) in [4.78, 5) is 2.55. The first-order valence-corrected chi connectivity index (χ1v) is 8.01. The smallest absolute Gasteiger partial charge is 0.0628 e. The standard InChI is InChI=1S/C16H34N2O/c1-6-17-16(12-19,15-7-8-15)11-18(9-13(2)3)10-14(4)5/h13-15,17,19H,6-12H2,1-5H3. The van der Waals surface area contributed by atoms with Crippen LogP contribution in [-0.2, 0) is 0 Å². The van der Waals surface area contributed by atoms with E-state index in [2.05, 4.69) is 44.8 Å². The van der Waals surface area contributed by atoms with E-state index < -0.39 is 0 Å². The molecule has 0 bridgehead atoms. The zero-order valence-electron chi connectivity index (χ0n) is 13.6. The van der Waals surface area contributed by atoms with Crippen molar-refractivity contribution >= 4 is 0 Å². The van der Waals surface area contributed by atoms with Crippen LogP contribution in [0.25, 0.3) is 0 Å². The van der Waals surface area contributed by atoms with E-state index in [9.17, 15) is 5.11 Å². The lowest BCUT2D eigenvalue weighted by Crippen LogP contribution is -2.58. The molecule has 0 spiro atoms. The average Bonchev–Trinajstić information content (AvgIpc) is 3.10. The predicted octanol–water partition coefficient (Wildman–Crippen LogP) is 2.35. The molecule has 0 aromatic carbocycles. The fourth-order valence-corrected chi connectivity index (χ4v) is 3.19. The molecule has 0 saturated heterocycles. The molecule has 3 nitrogen and oxygen atoms in total. The molecule has 0 aromatic heterocycles. The van der Waals surface area contributed by atoms with Crippen molar-refractivity contribution in [1.82, 2.24) is 10.2 Å². The molecule has 1 unspecified atom stereocenters. The molecule has 19 heavy (non-hydrogen) atoms. The lowest BCUT2D eigenvalue weighted by molar-refractivity contribution is 0.0807. The quantitative estimate of drug-likeness (QED) is 0.640. The molecular formula is C16H34N2O. The number of nitrogens with one attached hydrogen (secondary N) is 1. The van der Waals surface area contributed by atoms with Crippen molar-refractivity contribution in [3.05, 3.63) is 0 Å². The van der Waals surface area contributed by atoms with Crippen LogP contribution >= 0.6 is 0 Å². The van der Waals surface area contributed by atoms with Gasteiger partial charge in [-0.3, -0.25) is 0 Å². The lowest BCUT2D eigenvalue weighted by atomic mass is 9.92. The van der Waals surface area contributed by atoms with Gasteiger partial charge in [0.1, 0.15) is 0 Å². The number of nitrogens with zero attached hydrogens (tertiary/aromatic N) is 1. The third kappa shape index (κ3) is 5.41. The van der Waals surface area contributed by atoms with E-state index in [4.69, 9.17) is 0 Å². The largest absolute Gasteiger partial charge is 0.394 e. The van der Waals surface area contributed by atoms with Crippen LogP contribution in [0.15, 0.2) is 0 Å². The van der Waals surface area contributed by atoms with Gasteiger partial charge in [0.25, 0.3) is 0 Å². The SMILES string of the molecule is CCNC(CO)(CN(CC(C)C)CC(C)C)C1CC1. The van der Waals surface area contributed by atoms with E-state index in [0.717, 1.165) is 26.2 Å². The maximum atomic E-state index is 9.95. The number of hydrogen-bond donors (Lipinski definition) is 2. The Labute approximate surface area is 119 Å². The Balaban J connectivity index is 2.70. The molecule has 2 N–H and O–H groups in total. The van der Waals surface area contributed by atoms with E-state index in [1.54, 1.807) is 0 Å². The molecule has 0 radical (unpaired) electrons. The van der Waals surface area contributed by atoms with Gasteiger partial charge in [0, 0.05) is 19.6 Å². The highest BCUT2D eigenvalue weighted by molar-refractivity contribution is 5.02. The van der Waals surface area contributed by atoms with Crippen LogP contribution in [0.5, 0.6) is 0 Å². The van der Waals surface area contributed by atoms with Crippen LogP contribution < -0.4 is 5.32 Å². The zero-order chi connectivity index (χ0) is 14.5. The summed E-state index contributed by atoms with van der Waals surface area (Å²) < 4.78 is 0. The van der Waals surface area contributed by atoms with Crippen molar-refractivity contribution in [2.45, 2.75) is 53.0 Å². The Hall–Kier alpha value is -0.120. The predicted molar refractivity (Wildman–Crippen MR) is 82.3 cm³/mol. The second-order valence-corrected chi connectivity index (χ2v) is 7.10. The summed E-state index contributed by atoms with van der Waals surface area (Å²) in [5.41, 5.74) is -0.0709. The summed E-state index contributed by atoms with van der Waals surface area (Å²) in [6.07, 6.45) is 2.54. The normalized spacial score (nSPS) is 19.4. The van der Waals surface area contributed by atoms with Crippen molar-refractivity contribution in [3.63, 3.8) is 0 Å². The third-order valence-electron chi connectivity index (χ3n) is 3.92. The molecule has 0 amide bonds. The molecule has 0 aliphatic heterocycles. The number of likely N-dealkylation sites (N-methyl/N-ethyl adjacent to an activating group) is 1. The van der Waals surface area contributed by atoms with E-state index in [1.165, 1.54) is 12.8 Å². The number of hydrogen-bond acceptors (Lipinski definition) is 3. The van der Waals surface area contributed by atoms with Crippen molar-refractivity contribution in [1.29, 1.82) is 0 Å². The Morgan fingerprint density at radius 1 is 1.16 bits per heavy atom. The van der Waals surface area contributed by atoms with Gasteiger partial charge in [-0.2, -0.15) is 0 Å². The van der Waals surface area contributed by atoms with Gasteiger partial charge >= 0.3 is 0 Å². The third-order valence-corrected chi connectivity index (χ3v) is 3.92.